The molecule has 1 aliphatic carbocycles. The summed E-state index contributed by atoms with van der Waals surface area (Å²) >= 11 is 0. The molecule has 2 unspecified atom stereocenters. The number of unbranched alkanes of at least 4 members (excludes halogenated alkanes) is 3. The summed E-state index contributed by atoms with van der Waals surface area (Å²) in [6, 6.07) is 0. The molecule has 1 saturated heterocycles. The van der Waals surface area contributed by atoms with Crippen LogP contribution < -0.4 is 0 Å². The van der Waals surface area contributed by atoms with Gasteiger partial charge < -0.3 is 9.80 Å². The highest BCUT2D eigenvalue weighted by atomic mass is 15.2. The molecule has 118 valence electrons. The van der Waals surface area contributed by atoms with E-state index in [-0.39, 0.29) is 0 Å². The van der Waals surface area contributed by atoms with Crippen molar-refractivity contribution < 1.29 is 0 Å². The summed E-state index contributed by atoms with van der Waals surface area (Å²) in [7, 11) is 0. The van der Waals surface area contributed by atoms with Crippen LogP contribution in [0, 0.1) is 11.8 Å². The Morgan fingerprint density at radius 3 is 2.05 bits per heavy atom. The lowest BCUT2D eigenvalue weighted by atomic mass is 9.82. The number of hydrogen-bond donors (Lipinski definition) is 0. The highest BCUT2D eigenvalue weighted by molar-refractivity contribution is 4.86. The van der Waals surface area contributed by atoms with E-state index >= 15 is 0 Å². The van der Waals surface area contributed by atoms with Crippen molar-refractivity contribution in [2.24, 2.45) is 11.8 Å². The largest absolute Gasteiger partial charge is 0.304 e. The summed E-state index contributed by atoms with van der Waals surface area (Å²) in [4.78, 5) is 5.32. The second-order valence-electron chi connectivity index (χ2n) is 7.01. The number of nitrogens with zero attached hydrogens (tertiary/aromatic N) is 2. The lowest BCUT2D eigenvalue weighted by Gasteiger charge is -2.23. The Bertz CT molecular complexity index is 236. The second-order valence-corrected chi connectivity index (χ2v) is 7.01. The van der Waals surface area contributed by atoms with Gasteiger partial charge in [-0.05, 0) is 63.7 Å². The van der Waals surface area contributed by atoms with Gasteiger partial charge in [-0.25, -0.2) is 0 Å². The molecule has 2 atom stereocenters. The average molecular weight is 280 g/mol. The zero-order valence-corrected chi connectivity index (χ0v) is 13.9. The van der Waals surface area contributed by atoms with Gasteiger partial charge in [-0.15, -0.1) is 0 Å². The van der Waals surface area contributed by atoms with Gasteiger partial charge in [0.15, 0.2) is 0 Å². The Balaban J connectivity index is 1.47. The zero-order valence-electron chi connectivity index (χ0n) is 13.9. The molecule has 2 aliphatic rings. The molecule has 0 radical (unpaired) electrons. The molecular weight excluding hydrogens is 244 g/mol. The van der Waals surface area contributed by atoms with Gasteiger partial charge in [0.25, 0.3) is 0 Å². The Morgan fingerprint density at radius 1 is 0.850 bits per heavy atom. The van der Waals surface area contributed by atoms with E-state index in [1.165, 1.54) is 90.6 Å². The van der Waals surface area contributed by atoms with Crippen molar-refractivity contribution in [3.05, 3.63) is 0 Å². The van der Waals surface area contributed by atoms with Gasteiger partial charge in [0.05, 0.1) is 0 Å². The molecular formula is C18H36N2. The summed E-state index contributed by atoms with van der Waals surface area (Å²) in [5, 5.41) is 0. The second kappa shape index (κ2) is 9.04. The number of likely N-dealkylation sites (tertiary alicyclic amines) is 1. The highest BCUT2D eigenvalue weighted by Gasteiger charge is 2.33. The van der Waals surface area contributed by atoms with Crippen molar-refractivity contribution in [3.8, 4) is 0 Å². The van der Waals surface area contributed by atoms with Crippen molar-refractivity contribution in [2.45, 2.75) is 65.2 Å². The first-order chi connectivity index (χ1) is 9.83. The first-order valence-corrected chi connectivity index (χ1v) is 9.28. The normalized spacial score (nSPS) is 27.1. The maximum absolute atomic E-state index is 2.77. The van der Waals surface area contributed by atoms with Crippen LogP contribution in [-0.2, 0) is 0 Å². The molecule has 0 amide bonds. The SMILES string of the molecule is CCN(CC)CCCCCCN1CC2CCCCC2C1. The van der Waals surface area contributed by atoms with E-state index in [1.807, 2.05) is 0 Å². The van der Waals surface area contributed by atoms with Crippen LogP contribution in [0.2, 0.25) is 0 Å². The summed E-state index contributed by atoms with van der Waals surface area (Å²) in [5.74, 6) is 2.12. The predicted molar refractivity (Wildman–Crippen MR) is 88.1 cm³/mol. The predicted octanol–water partition coefficient (Wildman–Crippen LogP) is 4.01. The molecule has 0 aromatic heterocycles. The Hall–Kier alpha value is -0.0800. The molecule has 0 aromatic carbocycles. The van der Waals surface area contributed by atoms with Gasteiger partial charge in [-0.3, -0.25) is 0 Å². The van der Waals surface area contributed by atoms with E-state index in [0.717, 1.165) is 11.8 Å². The lowest BCUT2D eigenvalue weighted by Crippen LogP contribution is -2.24. The molecule has 1 saturated carbocycles. The number of hydrogen-bond acceptors (Lipinski definition) is 2. The molecule has 1 aliphatic heterocycles. The quantitative estimate of drug-likeness (QED) is 0.589. The molecule has 2 fully saturated rings. The smallest absolute Gasteiger partial charge is 0.00129 e. The molecule has 0 N–H and O–H groups in total. The fourth-order valence-electron chi connectivity index (χ4n) is 4.25. The molecule has 2 rings (SSSR count). The fraction of sp³-hybridized carbons (Fsp3) is 1.00. The van der Waals surface area contributed by atoms with E-state index in [1.54, 1.807) is 0 Å². The van der Waals surface area contributed by atoms with Crippen LogP contribution in [0.15, 0.2) is 0 Å². The molecule has 0 spiro atoms. The third-order valence-corrected chi connectivity index (χ3v) is 5.65. The maximum Gasteiger partial charge on any atom is 0.00129 e. The van der Waals surface area contributed by atoms with E-state index in [4.69, 9.17) is 0 Å². The molecule has 2 nitrogen and oxygen atoms in total. The zero-order chi connectivity index (χ0) is 14.2. The molecule has 0 bridgehead atoms. The van der Waals surface area contributed by atoms with Gasteiger partial charge in [0, 0.05) is 13.1 Å². The van der Waals surface area contributed by atoms with Gasteiger partial charge in [0.1, 0.15) is 0 Å². The summed E-state index contributed by atoms with van der Waals surface area (Å²) in [5.41, 5.74) is 0. The van der Waals surface area contributed by atoms with Crippen LogP contribution in [0.3, 0.4) is 0 Å². The van der Waals surface area contributed by atoms with Gasteiger partial charge >= 0.3 is 0 Å². The van der Waals surface area contributed by atoms with Crippen LogP contribution in [-0.4, -0.2) is 49.1 Å². The average Bonchev–Trinajstić information content (AvgIpc) is 2.89. The minimum absolute atomic E-state index is 1.06. The van der Waals surface area contributed by atoms with Gasteiger partial charge in [-0.2, -0.15) is 0 Å². The van der Waals surface area contributed by atoms with Gasteiger partial charge in [0.2, 0.25) is 0 Å². The first-order valence-electron chi connectivity index (χ1n) is 9.28. The van der Waals surface area contributed by atoms with Crippen molar-refractivity contribution in [1.29, 1.82) is 0 Å². The Labute approximate surface area is 126 Å². The molecule has 0 aromatic rings. The fourth-order valence-corrected chi connectivity index (χ4v) is 4.25. The molecule has 20 heavy (non-hydrogen) atoms. The number of rotatable bonds is 9. The van der Waals surface area contributed by atoms with Crippen molar-refractivity contribution in [3.63, 3.8) is 0 Å². The van der Waals surface area contributed by atoms with Crippen LogP contribution in [0.4, 0.5) is 0 Å². The maximum atomic E-state index is 2.77. The van der Waals surface area contributed by atoms with Crippen LogP contribution in [0.25, 0.3) is 0 Å². The van der Waals surface area contributed by atoms with Crippen molar-refractivity contribution >= 4 is 0 Å². The van der Waals surface area contributed by atoms with Crippen LogP contribution in [0.1, 0.15) is 65.2 Å². The van der Waals surface area contributed by atoms with E-state index in [9.17, 15) is 0 Å². The summed E-state index contributed by atoms with van der Waals surface area (Å²) < 4.78 is 0. The summed E-state index contributed by atoms with van der Waals surface area (Å²) in [6.07, 6.45) is 11.7. The van der Waals surface area contributed by atoms with Gasteiger partial charge in [-0.1, -0.05) is 39.5 Å². The van der Waals surface area contributed by atoms with Crippen molar-refractivity contribution in [2.75, 3.05) is 39.3 Å². The van der Waals surface area contributed by atoms with Crippen LogP contribution in [0.5, 0.6) is 0 Å². The van der Waals surface area contributed by atoms with E-state index in [2.05, 4.69) is 23.6 Å². The Morgan fingerprint density at radius 2 is 1.45 bits per heavy atom. The molecule has 2 heteroatoms. The molecule has 1 heterocycles. The number of fused-ring (bicyclic) bond motifs is 1. The van der Waals surface area contributed by atoms with E-state index < -0.39 is 0 Å². The first kappa shape index (κ1) is 16.3. The lowest BCUT2D eigenvalue weighted by molar-refractivity contribution is 0.288. The Kier molecular flexibility index (Phi) is 7.37. The van der Waals surface area contributed by atoms with E-state index in [0.29, 0.717) is 0 Å². The standard InChI is InChI=1S/C18H36N2/c1-3-19(4-2)13-9-5-6-10-14-20-15-17-11-7-8-12-18(17)16-20/h17-18H,3-16H2,1-2H3. The monoisotopic (exact) mass is 280 g/mol. The minimum atomic E-state index is 1.06. The minimum Gasteiger partial charge on any atom is -0.304 e. The van der Waals surface area contributed by atoms with Crippen molar-refractivity contribution in [1.82, 2.24) is 9.80 Å². The van der Waals surface area contributed by atoms with Crippen LogP contribution >= 0.6 is 0 Å². The third-order valence-electron chi connectivity index (χ3n) is 5.65. The summed E-state index contributed by atoms with van der Waals surface area (Å²) in [6.45, 7) is 12.5. The third kappa shape index (κ3) is 5.04. The topological polar surface area (TPSA) is 6.48 Å². The highest BCUT2D eigenvalue weighted by Crippen LogP contribution is 2.35.